The number of tetrazole rings is 1. The van der Waals surface area contributed by atoms with Gasteiger partial charge in [0.05, 0.1) is 5.92 Å². The number of hydrogen-bond donors (Lipinski definition) is 4. The molecule has 180 valence electrons. The second kappa shape index (κ2) is 12.2. The lowest BCUT2D eigenvalue weighted by molar-refractivity contribution is -0.143. The minimum Gasteiger partial charge on any atom is -0.481 e. The van der Waals surface area contributed by atoms with E-state index >= 15 is 0 Å². The molecule has 3 atom stereocenters. The van der Waals surface area contributed by atoms with E-state index in [1.54, 1.807) is 6.07 Å². The number of aliphatic carboxylic acids is 2. The minimum atomic E-state index is -0.908. The van der Waals surface area contributed by atoms with Crippen LogP contribution in [0.4, 0.5) is 4.39 Å². The third-order valence-corrected chi connectivity index (χ3v) is 5.51. The predicted molar refractivity (Wildman–Crippen MR) is 121 cm³/mol. The average molecular weight is 462 g/mol. The van der Waals surface area contributed by atoms with E-state index in [0.29, 0.717) is 29.8 Å². The van der Waals surface area contributed by atoms with Crippen LogP contribution < -0.4 is 5.73 Å². The molecule has 0 bridgehead atoms. The molecule has 1 heterocycles. The second-order valence-corrected chi connectivity index (χ2v) is 8.75. The highest BCUT2D eigenvalue weighted by molar-refractivity contribution is 5.71. The number of H-pyrrole nitrogens is 1. The van der Waals surface area contributed by atoms with E-state index < -0.39 is 23.8 Å². The average Bonchev–Trinajstić information content (AvgIpc) is 3.25. The lowest BCUT2D eigenvalue weighted by Gasteiger charge is -2.23. The maximum absolute atomic E-state index is 14.9. The second-order valence-electron chi connectivity index (χ2n) is 8.75. The first kappa shape index (κ1) is 26.1. The fourth-order valence-corrected chi connectivity index (χ4v) is 3.98. The highest BCUT2D eigenvalue weighted by Gasteiger charge is 2.33. The molecule has 0 saturated carbocycles. The summed E-state index contributed by atoms with van der Waals surface area (Å²) in [5.41, 5.74) is 8.20. The molecule has 10 heteroatoms. The van der Waals surface area contributed by atoms with Crippen molar-refractivity contribution in [3.05, 3.63) is 47.0 Å². The maximum Gasteiger partial charge on any atom is 0.307 e. The summed E-state index contributed by atoms with van der Waals surface area (Å²) >= 11 is 0. The van der Waals surface area contributed by atoms with Gasteiger partial charge in [-0.2, -0.15) is 5.21 Å². The van der Waals surface area contributed by atoms with Crippen LogP contribution in [0, 0.1) is 17.7 Å². The van der Waals surface area contributed by atoms with Crippen molar-refractivity contribution in [2.45, 2.75) is 64.8 Å². The Labute approximate surface area is 192 Å². The van der Waals surface area contributed by atoms with E-state index in [1.807, 2.05) is 26.0 Å². The van der Waals surface area contributed by atoms with Crippen LogP contribution in [0.5, 0.6) is 0 Å². The Kier molecular flexibility index (Phi) is 9.65. The summed E-state index contributed by atoms with van der Waals surface area (Å²) in [6.45, 7) is 5.03. The fraction of sp³-hybridized carbons (Fsp3) is 0.522. The Bertz CT molecular complexity index is 958. The summed E-state index contributed by atoms with van der Waals surface area (Å²) < 4.78 is 14.9. The zero-order valence-corrected chi connectivity index (χ0v) is 19.2. The molecule has 2 aromatic rings. The molecule has 0 saturated heterocycles. The largest absolute Gasteiger partial charge is 0.481 e. The molecule has 3 rings (SSSR count). The summed E-state index contributed by atoms with van der Waals surface area (Å²) in [4.78, 5) is 20.9. The number of allylic oxidation sites excluding steroid dienone is 1. The molecule has 1 aromatic carbocycles. The van der Waals surface area contributed by atoms with Crippen molar-refractivity contribution in [2.24, 2.45) is 17.6 Å². The van der Waals surface area contributed by atoms with Gasteiger partial charge in [-0.15, -0.1) is 10.2 Å². The maximum atomic E-state index is 14.9. The summed E-state index contributed by atoms with van der Waals surface area (Å²) in [6.07, 6.45) is 5.18. The summed E-state index contributed by atoms with van der Waals surface area (Å²) in [5.74, 6) is -2.69. The number of aromatic nitrogens is 4. The first-order valence-electron chi connectivity index (χ1n) is 11.0. The molecule has 0 fully saturated rings. The molecule has 33 heavy (non-hydrogen) atoms. The van der Waals surface area contributed by atoms with Crippen molar-refractivity contribution >= 4 is 17.5 Å². The molecule has 5 N–H and O–H groups in total. The molecule has 0 amide bonds. The van der Waals surface area contributed by atoms with Gasteiger partial charge in [0.2, 0.25) is 0 Å². The summed E-state index contributed by atoms with van der Waals surface area (Å²) in [5, 5.41) is 31.2. The molecular formula is C23H32FN5O4. The van der Waals surface area contributed by atoms with Crippen molar-refractivity contribution in [1.29, 1.82) is 0 Å². The zero-order chi connectivity index (χ0) is 24.5. The quantitative estimate of drug-likeness (QED) is 0.466. The molecule has 1 aromatic heterocycles. The monoisotopic (exact) mass is 461 g/mol. The lowest BCUT2D eigenvalue weighted by Crippen LogP contribution is -2.26. The Morgan fingerprint density at radius 1 is 1.30 bits per heavy atom. The van der Waals surface area contributed by atoms with Gasteiger partial charge in [-0.25, -0.2) is 4.39 Å². The van der Waals surface area contributed by atoms with Crippen molar-refractivity contribution in [1.82, 2.24) is 20.6 Å². The molecule has 1 unspecified atom stereocenters. The Morgan fingerprint density at radius 3 is 2.48 bits per heavy atom. The van der Waals surface area contributed by atoms with Crippen LogP contribution in [0.25, 0.3) is 5.57 Å². The topological polar surface area (TPSA) is 155 Å². The van der Waals surface area contributed by atoms with E-state index in [9.17, 15) is 14.3 Å². The van der Waals surface area contributed by atoms with Gasteiger partial charge in [0.15, 0.2) is 5.82 Å². The number of halogens is 1. The Hall–Kier alpha value is -3.14. The van der Waals surface area contributed by atoms with Crippen LogP contribution in [-0.4, -0.2) is 48.8 Å². The van der Waals surface area contributed by atoms with Crippen LogP contribution in [0.1, 0.15) is 69.3 Å². The minimum absolute atomic E-state index is 0.144. The van der Waals surface area contributed by atoms with Crippen LogP contribution in [-0.2, 0) is 16.0 Å². The van der Waals surface area contributed by atoms with Crippen molar-refractivity contribution in [3.8, 4) is 0 Å². The number of nitrogens with two attached hydrogens (primary N) is 1. The third-order valence-electron chi connectivity index (χ3n) is 5.51. The number of benzene rings is 1. The molecule has 0 radical (unpaired) electrons. The predicted octanol–water partition coefficient (Wildman–Crippen LogP) is 3.40. The van der Waals surface area contributed by atoms with Gasteiger partial charge in [-0.1, -0.05) is 37.3 Å². The van der Waals surface area contributed by atoms with E-state index in [0.717, 1.165) is 31.8 Å². The number of aromatic amines is 1. The van der Waals surface area contributed by atoms with Crippen molar-refractivity contribution in [3.63, 3.8) is 0 Å². The van der Waals surface area contributed by atoms with Gasteiger partial charge in [0.25, 0.3) is 5.97 Å². The molecule has 0 spiro atoms. The standard InChI is InChI=1S/C21H28FN5O2.C2H4O2/c1-12(2)9-18(21(28)29)17(20-24-26-27-25-20)10-13-3-8-16(19(22)11-13)14-4-6-15(23)7-5-14;1-2(3)4/h3-4,8,11-12,15,17-18H,5-7,9-10,23H2,1-2H3,(H,28,29)(H,24,25,26,27);1H3,(H,3,4)/t15?,17-,18-;/m0./s1. The number of carboxylic acid groups (broad SMARTS) is 2. The first-order valence-corrected chi connectivity index (χ1v) is 11.0. The Balaban J connectivity index is 0.000000890. The highest BCUT2D eigenvalue weighted by Crippen LogP contribution is 2.33. The van der Waals surface area contributed by atoms with Crippen LogP contribution >= 0.6 is 0 Å². The number of rotatable bonds is 8. The lowest BCUT2D eigenvalue weighted by atomic mass is 9.81. The number of nitrogens with one attached hydrogen (secondary N) is 1. The van der Waals surface area contributed by atoms with Gasteiger partial charge in [-0.3, -0.25) is 9.59 Å². The normalized spacial score (nSPS) is 17.5. The van der Waals surface area contributed by atoms with Gasteiger partial charge < -0.3 is 15.9 Å². The molecule has 0 aliphatic heterocycles. The number of carbonyl (C=O) groups is 2. The van der Waals surface area contributed by atoms with Crippen LogP contribution in [0.3, 0.4) is 0 Å². The number of carboxylic acids is 2. The number of hydrogen-bond acceptors (Lipinski definition) is 6. The third kappa shape index (κ3) is 8.05. The zero-order valence-electron chi connectivity index (χ0n) is 19.2. The molecule has 1 aliphatic carbocycles. The summed E-state index contributed by atoms with van der Waals surface area (Å²) in [6, 6.07) is 5.27. The van der Waals surface area contributed by atoms with Crippen molar-refractivity contribution in [2.75, 3.05) is 0 Å². The van der Waals surface area contributed by atoms with Gasteiger partial charge in [-0.05, 0) is 55.2 Å². The Morgan fingerprint density at radius 2 is 2.00 bits per heavy atom. The van der Waals surface area contributed by atoms with Crippen LogP contribution in [0.2, 0.25) is 0 Å². The first-order chi connectivity index (χ1) is 15.6. The fourth-order valence-electron chi connectivity index (χ4n) is 3.98. The van der Waals surface area contributed by atoms with Crippen molar-refractivity contribution < 1.29 is 24.2 Å². The van der Waals surface area contributed by atoms with Gasteiger partial charge in [0, 0.05) is 24.4 Å². The van der Waals surface area contributed by atoms with Gasteiger partial charge in [0.1, 0.15) is 5.82 Å². The highest BCUT2D eigenvalue weighted by atomic mass is 19.1. The van der Waals surface area contributed by atoms with Crippen LogP contribution in [0.15, 0.2) is 24.3 Å². The number of nitrogens with zero attached hydrogens (tertiary/aromatic N) is 3. The van der Waals surface area contributed by atoms with E-state index in [1.165, 1.54) is 6.07 Å². The molecular weight excluding hydrogens is 429 g/mol. The summed E-state index contributed by atoms with van der Waals surface area (Å²) in [7, 11) is 0. The molecule has 9 nitrogen and oxygen atoms in total. The van der Waals surface area contributed by atoms with Gasteiger partial charge >= 0.3 is 5.97 Å². The SMILES string of the molecule is CC(=O)O.CC(C)C[C@H](C(=O)O)[C@H](Cc1ccc(C2=CCC(N)CC2)c(F)c1)c1nn[nH]n1. The van der Waals surface area contributed by atoms with E-state index in [4.69, 9.17) is 15.6 Å². The smallest absolute Gasteiger partial charge is 0.307 e. The van der Waals surface area contributed by atoms with E-state index in [2.05, 4.69) is 20.6 Å². The van der Waals surface area contributed by atoms with E-state index in [-0.39, 0.29) is 17.8 Å². The molecule has 1 aliphatic rings.